The Hall–Kier alpha value is -3.40. The molecule has 0 unspecified atom stereocenters. The molecule has 0 radical (unpaired) electrons. The number of nitrogens with zero attached hydrogens (tertiary/aromatic N) is 2. The number of amides is 1. The molecule has 0 aliphatic heterocycles. The summed E-state index contributed by atoms with van der Waals surface area (Å²) >= 11 is 0. The molecular weight excluding hydrogens is 322 g/mol. The zero-order valence-corrected chi connectivity index (χ0v) is 14.7. The van der Waals surface area contributed by atoms with Crippen molar-refractivity contribution in [2.75, 3.05) is 5.32 Å². The number of benzene rings is 2. The van der Waals surface area contributed by atoms with Gasteiger partial charge < -0.3 is 5.32 Å². The van der Waals surface area contributed by atoms with Gasteiger partial charge in [0.15, 0.2) is 0 Å². The van der Waals surface area contributed by atoms with E-state index < -0.39 is 0 Å². The SMILES string of the molecule is Cc1ccc(-c2nc3ccc(C)cn3c2C(=O)Nc2ccccc2)cc1. The lowest BCUT2D eigenvalue weighted by Crippen LogP contribution is -2.15. The monoisotopic (exact) mass is 341 g/mol. The maximum atomic E-state index is 13.1. The number of pyridine rings is 1. The third-order valence-electron chi connectivity index (χ3n) is 4.34. The molecule has 0 aliphatic rings. The number of carbonyl (C=O) groups excluding carboxylic acids is 1. The van der Waals surface area contributed by atoms with E-state index in [1.54, 1.807) is 0 Å². The lowest BCUT2D eigenvalue weighted by molar-refractivity contribution is 0.102. The van der Waals surface area contributed by atoms with Crippen LogP contribution >= 0.6 is 0 Å². The Labute approximate surface area is 152 Å². The number of anilines is 1. The van der Waals surface area contributed by atoms with Crippen molar-refractivity contribution in [1.82, 2.24) is 9.38 Å². The van der Waals surface area contributed by atoms with Crippen molar-refractivity contribution in [1.29, 1.82) is 0 Å². The summed E-state index contributed by atoms with van der Waals surface area (Å²) in [6, 6.07) is 21.5. The second-order valence-corrected chi connectivity index (χ2v) is 6.43. The maximum Gasteiger partial charge on any atom is 0.274 e. The van der Waals surface area contributed by atoms with Gasteiger partial charge in [-0.15, -0.1) is 0 Å². The molecule has 128 valence electrons. The number of hydrogen-bond acceptors (Lipinski definition) is 2. The third kappa shape index (κ3) is 2.97. The van der Waals surface area contributed by atoms with E-state index in [4.69, 9.17) is 4.98 Å². The minimum Gasteiger partial charge on any atom is -0.321 e. The second-order valence-electron chi connectivity index (χ2n) is 6.43. The van der Waals surface area contributed by atoms with Crippen LogP contribution in [0.5, 0.6) is 0 Å². The van der Waals surface area contributed by atoms with Gasteiger partial charge in [0.25, 0.3) is 5.91 Å². The first kappa shape index (κ1) is 16.1. The molecule has 0 saturated heterocycles. The first-order chi connectivity index (χ1) is 12.6. The average Bonchev–Trinajstić information content (AvgIpc) is 3.01. The average molecular weight is 341 g/mol. The van der Waals surface area contributed by atoms with Crippen LogP contribution in [0, 0.1) is 13.8 Å². The highest BCUT2D eigenvalue weighted by Crippen LogP contribution is 2.26. The van der Waals surface area contributed by atoms with E-state index in [0.29, 0.717) is 11.4 Å². The number of para-hydroxylation sites is 1. The summed E-state index contributed by atoms with van der Waals surface area (Å²) < 4.78 is 1.86. The highest BCUT2D eigenvalue weighted by atomic mass is 16.2. The zero-order chi connectivity index (χ0) is 18.1. The van der Waals surface area contributed by atoms with Crippen molar-refractivity contribution < 1.29 is 4.79 Å². The molecular formula is C22H19N3O. The Morgan fingerprint density at radius 3 is 2.31 bits per heavy atom. The lowest BCUT2D eigenvalue weighted by atomic mass is 10.1. The van der Waals surface area contributed by atoms with Crippen molar-refractivity contribution in [3.8, 4) is 11.3 Å². The number of hydrogen-bond donors (Lipinski definition) is 1. The van der Waals surface area contributed by atoms with Gasteiger partial charge in [-0.3, -0.25) is 9.20 Å². The molecule has 0 aliphatic carbocycles. The molecule has 0 bridgehead atoms. The van der Waals surface area contributed by atoms with Gasteiger partial charge in [0.2, 0.25) is 0 Å². The Balaban J connectivity index is 1.87. The number of rotatable bonds is 3. The van der Waals surface area contributed by atoms with Gasteiger partial charge in [-0.2, -0.15) is 0 Å². The van der Waals surface area contributed by atoms with E-state index in [1.807, 2.05) is 91.2 Å². The minimum absolute atomic E-state index is 0.176. The largest absolute Gasteiger partial charge is 0.321 e. The van der Waals surface area contributed by atoms with Gasteiger partial charge in [0.1, 0.15) is 17.0 Å². The minimum atomic E-state index is -0.176. The molecule has 4 heteroatoms. The summed E-state index contributed by atoms with van der Waals surface area (Å²) in [4.78, 5) is 17.8. The van der Waals surface area contributed by atoms with E-state index in [9.17, 15) is 4.79 Å². The van der Waals surface area contributed by atoms with Crippen LogP contribution in [0.4, 0.5) is 5.69 Å². The van der Waals surface area contributed by atoms with Gasteiger partial charge in [-0.25, -0.2) is 4.98 Å². The van der Waals surface area contributed by atoms with Crippen molar-refractivity contribution >= 4 is 17.2 Å². The van der Waals surface area contributed by atoms with Gasteiger partial charge in [-0.1, -0.05) is 54.1 Å². The van der Waals surface area contributed by atoms with Crippen molar-refractivity contribution in [2.45, 2.75) is 13.8 Å². The molecule has 0 fully saturated rings. The summed E-state index contributed by atoms with van der Waals surface area (Å²) in [5.41, 5.74) is 5.90. The molecule has 2 aromatic carbocycles. The number of aromatic nitrogens is 2. The summed E-state index contributed by atoms with van der Waals surface area (Å²) in [6.45, 7) is 4.05. The van der Waals surface area contributed by atoms with Gasteiger partial charge in [-0.05, 0) is 37.6 Å². The quantitative estimate of drug-likeness (QED) is 0.578. The summed E-state index contributed by atoms with van der Waals surface area (Å²) in [7, 11) is 0. The third-order valence-corrected chi connectivity index (χ3v) is 4.34. The van der Waals surface area contributed by atoms with Crippen LogP contribution in [-0.4, -0.2) is 15.3 Å². The van der Waals surface area contributed by atoms with Gasteiger partial charge in [0.05, 0.1) is 0 Å². The molecule has 26 heavy (non-hydrogen) atoms. The topological polar surface area (TPSA) is 46.4 Å². The lowest BCUT2D eigenvalue weighted by Gasteiger charge is -2.08. The molecule has 4 nitrogen and oxygen atoms in total. The van der Waals surface area contributed by atoms with E-state index in [2.05, 4.69) is 5.32 Å². The van der Waals surface area contributed by atoms with E-state index in [1.165, 1.54) is 5.56 Å². The van der Waals surface area contributed by atoms with Crippen molar-refractivity contribution in [2.24, 2.45) is 0 Å². The van der Waals surface area contributed by atoms with Crippen LogP contribution in [-0.2, 0) is 0 Å². The highest BCUT2D eigenvalue weighted by Gasteiger charge is 2.20. The summed E-state index contributed by atoms with van der Waals surface area (Å²) in [5, 5.41) is 2.98. The number of nitrogens with one attached hydrogen (secondary N) is 1. The Kier molecular flexibility index (Phi) is 4.01. The summed E-state index contributed by atoms with van der Waals surface area (Å²) in [6.07, 6.45) is 1.94. The Morgan fingerprint density at radius 2 is 1.58 bits per heavy atom. The summed E-state index contributed by atoms with van der Waals surface area (Å²) in [5.74, 6) is -0.176. The normalized spacial score (nSPS) is 10.8. The fraction of sp³-hybridized carbons (Fsp3) is 0.0909. The number of fused-ring (bicyclic) bond motifs is 1. The molecule has 1 amide bonds. The van der Waals surface area contributed by atoms with E-state index in [0.717, 1.165) is 22.5 Å². The predicted molar refractivity (Wildman–Crippen MR) is 104 cm³/mol. The number of aryl methyl sites for hydroxylation is 2. The molecule has 0 saturated carbocycles. The van der Waals surface area contributed by atoms with Crippen molar-refractivity contribution in [3.05, 3.63) is 89.7 Å². The van der Waals surface area contributed by atoms with Crippen LogP contribution in [0.2, 0.25) is 0 Å². The van der Waals surface area contributed by atoms with Gasteiger partial charge >= 0.3 is 0 Å². The fourth-order valence-electron chi connectivity index (χ4n) is 2.99. The van der Waals surface area contributed by atoms with Crippen LogP contribution in [0.25, 0.3) is 16.9 Å². The smallest absolute Gasteiger partial charge is 0.274 e. The van der Waals surface area contributed by atoms with E-state index >= 15 is 0 Å². The molecule has 2 heterocycles. The molecule has 1 N–H and O–H groups in total. The molecule has 4 rings (SSSR count). The molecule has 4 aromatic rings. The zero-order valence-electron chi connectivity index (χ0n) is 14.7. The maximum absolute atomic E-state index is 13.1. The Bertz CT molecular complexity index is 1080. The number of imidazole rings is 1. The van der Waals surface area contributed by atoms with Crippen LogP contribution in [0.1, 0.15) is 21.6 Å². The molecule has 0 spiro atoms. The van der Waals surface area contributed by atoms with Crippen LogP contribution in [0.3, 0.4) is 0 Å². The number of carbonyl (C=O) groups is 1. The van der Waals surface area contributed by atoms with Gasteiger partial charge in [0, 0.05) is 17.4 Å². The van der Waals surface area contributed by atoms with E-state index in [-0.39, 0.29) is 5.91 Å². The molecule has 2 aromatic heterocycles. The second kappa shape index (κ2) is 6.48. The standard InChI is InChI=1S/C22H19N3O/c1-15-8-11-17(12-9-15)20-21(22(26)23-18-6-4-3-5-7-18)25-14-16(2)10-13-19(25)24-20/h3-14H,1-2H3,(H,23,26). The Morgan fingerprint density at radius 1 is 0.885 bits per heavy atom. The first-order valence-corrected chi connectivity index (χ1v) is 8.54. The van der Waals surface area contributed by atoms with Crippen molar-refractivity contribution in [3.63, 3.8) is 0 Å². The predicted octanol–water partition coefficient (Wildman–Crippen LogP) is 4.87. The first-order valence-electron chi connectivity index (χ1n) is 8.54. The van der Waals surface area contributed by atoms with Crippen LogP contribution in [0.15, 0.2) is 72.9 Å². The molecule has 0 atom stereocenters. The van der Waals surface area contributed by atoms with Crippen LogP contribution < -0.4 is 5.32 Å². The fourth-order valence-corrected chi connectivity index (χ4v) is 2.99. The highest BCUT2D eigenvalue weighted by molar-refractivity contribution is 6.07.